The van der Waals surface area contributed by atoms with E-state index in [0.29, 0.717) is 0 Å². The van der Waals surface area contributed by atoms with Crippen LogP contribution in [0.1, 0.15) is 65.2 Å². The predicted molar refractivity (Wildman–Crippen MR) is 82.9 cm³/mol. The highest BCUT2D eigenvalue weighted by Gasteiger charge is 1.92. The van der Waals surface area contributed by atoms with E-state index in [-0.39, 0.29) is 0 Å². The van der Waals surface area contributed by atoms with Crippen molar-refractivity contribution in [2.24, 2.45) is 0 Å². The van der Waals surface area contributed by atoms with E-state index in [0.717, 1.165) is 0 Å². The molecule has 98 valence electrons. The molecule has 0 fully saturated rings. The van der Waals surface area contributed by atoms with Crippen molar-refractivity contribution in [2.45, 2.75) is 65.2 Å². The van der Waals surface area contributed by atoms with Crippen LogP contribution in [0.15, 0.2) is 0 Å². The Morgan fingerprint density at radius 1 is 0.500 bits per heavy atom. The van der Waals surface area contributed by atoms with Crippen molar-refractivity contribution in [3.8, 4) is 0 Å². The van der Waals surface area contributed by atoms with Crippen LogP contribution in [0.5, 0.6) is 0 Å². The number of hydrogen-bond acceptors (Lipinski definition) is 2. The highest BCUT2D eigenvalue weighted by Crippen LogP contribution is 2.12. The fraction of sp³-hybridized carbons (Fsp3) is 1.00. The quantitative estimate of drug-likeness (QED) is 0.395. The molecule has 0 atom stereocenters. The van der Waals surface area contributed by atoms with E-state index < -0.39 is 0 Å². The van der Waals surface area contributed by atoms with Gasteiger partial charge in [0, 0.05) is 0 Å². The maximum absolute atomic E-state index is 2.25. The molecule has 0 nitrogen and oxygen atoms in total. The normalized spacial score (nSPS) is 10.9. The van der Waals surface area contributed by atoms with E-state index in [1.165, 1.54) is 74.4 Å². The third kappa shape index (κ3) is 14.7. The Hall–Kier alpha value is 0.700. The lowest BCUT2D eigenvalue weighted by Crippen LogP contribution is -1.85. The van der Waals surface area contributed by atoms with Gasteiger partial charge in [-0.15, -0.1) is 0 Å². The molecule has 0 aliphatic heterocycles. The topological polar surface area (TPSA) is 0 Å². The summed E-state index contributed by atoms with van der Waals surface area (Å²) in [5, 5.41) is 0. The molecule has 2 heteroatoms. The number of unbranched alkanes of at least 4 members (excludes halogenated alkanes) is 7. The van der Waals surface area contributed by atoms with Crippen molar-refractivity contribution in [1.29, 1.82) is 0 Å². The van der Waals surface area contributed by atoms with Crippen LogP contribution in [-0.4, -0.2) is 23.0 Å². The Morgan fingerprint density at radius 3 is 1.12 bits per heavy atom. The molecule has 0 saturated carbocycles. The number of thioether (sulfide) groups is 2. The molecule has 0 bridgehead atoms. The van der Waals surface area contributed by atoms with Crippen LogP contribution in [0, 0.1) is 0 Å². The van der Waals surface area contributed by atoms with Crippen LogP contribution in [0.3, 0.4) is 0 Å². The van der Waals surface area contributed by atoms with Gasteiger partial charge in [0.15, 0.2) is 0 Å². The van der Waals surface area contributed by atoms with Crippen LogP contribution in [0.2, 0.25) is 0 Å². The Bertz CT molecular complexity index is 101. The summed E-state index contributed by atoms with van der Waals surface area (Å²) in [7, 11) is 0. The van der Waals surface area contributed by atoms with Gasteiger partial charge < -0.3 is 0 Å². The van der Waals surface area contributed by atoms with Crippen molar-refractivity contribution >= 4 is 23.5 Å². The average Bonchev–Trinajstić information content (AvgIpc) is 2.31. The minimum absolute atomic E-state index is 1.29. The van der Waals surface area contributed by atoms with Gasteiger partial charge in [-0.1, -0.05) is 52.4 Å². The van der Waals surface area contributed by atoms with Crippen molar-refractivity contribution in [1.82, 2.24) is 0 Å². The van der Waals surface area contributed by atoms with E-state index in [1.54, 1.807) is 0 Å². The minimum Gasteiger partial charge on any atom is -0.162 e. The first-order chi connectivity index (χ1) is 7.91. The molecule has 0 unspecified atom stereocenters. The molecule has 0 aromatic heterocycles. The highest BCUT2D eigenvalue weighted by molar-refractivity contribution is 7.99. The van der Waals surface area contributed by atoms with E-state index in [4.69, 9.17) is 0 Å². The van der Waals surface area contributed by atoms with Crippen LogP contribution in [0.4, 0.5) is 0 Å². The zero-order valence-corrected chi connectivity index (χ0v) is 12.9. The van der Waals surface area contributed by atoms with Gasteiger partial charge in [-0.05, 0) is 35.9 Å². The Balaban J connectivity index is 2.83. The maximum Gasteiger partial charge on any atom is -0.00676 e. The molecule has 0 radical (unpaired) electrons. The van der Waals surface area contributed by atoms with Gasteiger partial charge >= 0.3 is 0 Å². The van der Waals surface area contributed by atoms with Crippen molar-refractivity contribution < 1.29 is 0 Å². The molecule has 0 aromatic rings. The third-order valence-corrected chi connectivity index (χ3v) is 4.71. The summed E-state index contributed by atoms with van der Waals surface area (Å²) in [6, 6.07) is 0. The summed E-state index contributed by atoms with van der Waals surface area (Å²) < 4.78 is 0. The average molecular weight is 263 g/mol. The van der Waals surface area contributed by atoms with Crippen LogP contribution < -0.4 is 0 Å². The van der Waals surface area contributed by atoms with Gasteiger partial charge in [-0.25, -0.2) is 0 Å². The summed E-state index contributed by atoms with van der Waals surface area (Å²) in [5.74, 6) is 5.33. The van der Waals surface area contributed by atoms with Gasteiger partial charge in [0.25, 0.3) is 0 Å². The van der Waals surface area contributed by atoms with E-state index in [1.807, 2.05) is 0 Å². The van der Waals surface area contributed by atoms with Gasteiger partial charge in [-0.3, -0.25) is 0 Å². The third-order valence-electron chi connectivity index (χ3n) is 2.74. The number of hydrogen-bond donors (Lipinski definition) is 0. The fourth-order valence-corrected chi connectivity index (χ4v) is 3.15. The number of rotatable bonds is 13. The molecule has 0 heterocycles. The lowest BCUT2D eigenvalue weighted by atomic mass is 10.1. The summed E-state index contributed by atoms with van der Waals surface area (Å²) in [5.41, 5.74) is 0. The van der Waals surface area contributed by atoms with E-state index in [2.05, 4.69) is 37.4 Å². The zero-order chi connectivity index (χ0) is 11.9. The largest absolute Gasteiger partial charge is 0.162 e. The standard InChI is InChI=1S/C14H30S2/c1-3-15-13-11-9-7-5-6-8-10-12-14-16-4-2/h3-14H2,1-2H3. The molecule has 16 heavy (non-hydrogen) atoms. The zero-order valence-electron chi connectivity index (χ0n) is 11.3. The lowest BCUT2D eigenvalue weighted by Gasteiger charge is -2.02. The first kappa shape index (κ1) is 16.7. The van der Waals surface area contributed by atoms with Gasteiger partial charge in [0.2, 0.25) is 0 Å². The summed E-state index contributed by atoms with van der Waals surface area (Å²) >= 11 is 4.17. The Labute approximate surface area is 112 Å². The minimum atomic E-state index is 1.29. The van der Waals surface area contributed by atoms with Gasteiger partial charge in [-0.2, -0.15) is 23.5 Å². The molecular formula is C14H30S2. The molecule has 0 rings (SSSR count). The molecule has 0 aliphatic rings. The SMILES string of the molecule is CCSCCCCCCCCCCSCC. The van der Waals surface area contributed by atoms with Crippen LogP contribution >= 0.6 is 23.5 Å². The highest BCUT2D eigenvalue weighted by atomic mass is 32.2. The van der Waals surface area contributed by atoms with Crippen LogP contribution in [0.25, 0.3) is 0 Å². The lowest BCUT2D eigenvalue weighted by molar-refractivity contribution is 0.587. The van der Waals surface area contributed by atoms with E-state index in [9.17, 15) is 0 Å². The second-order valence-corrected chi connectivity index (χ2v) is 7.01. The van der Waals surface area contributed by atoms with Crippen molar-refractivity contribution in [3.05, 3.63) is 0 Å². The predicted octanol–water partition coefficient (Wildman–Crippen LogP) is 5.61. The van der Waals surface area contributed by atoms with Crippen molar-refractivity contribution in [2.75, 3.05) is 23.0 Å². The summed E-state index contributed by atoms with van der Waals surface area (Å²) in [6.07, 6.45) is 11.7. The first-order valence-electron chi connectivity index (χ1n) is 7.07. The molecule has 0 aromatic carbocycles. The molecule has 0 N–H and O–H groups in total. The Kier molecular flexibility index (Phi) is 16.4. The van der Waals surface area contributed by atoms with Gasteiger partial charge in [0.1, 0.15) is 0 Å². The molecular weight excluding hydrogens is 232 g/mol. The van der Waals surface area contributed by atoms with Crippen LogP contribution in [-0.2, 0) is 0 Å². The molecule has 0 saturated heterocycles. The summed E-state index contributed by atoms with van der Waals surface area (Å²) in [4.78, 5) is 0. The van der Waals surface area contributed by atoms with E-state index >= 15 is 0 Å². The fourth-order valence-electron chi connectivity index (χ4n) is 1.76. The smallest absolute Gasteiger partial charge is 0.00676 e. The maximum atomic E-state index is 2.25. The van der Waals surface area contributed by atoms with Crippen molar-refractivity contribution in [3.63, 3.8) is 0 Å². The first-order valence-corrected chi connectivity index (χ1v) is 9.38. The summed E-state index contributed by atoms with van der Waals surface area (Å²) in [6.45, 7) is 4.50. The second kappa shape index (κ2) is 15.7. The monoisotopic (exact) mass is 262 g/mol. The Morgan fingerprint density at radius 2 is 0.812 bits per heavy atom. The molecule has 0 spiro atoms. The molecule has 0 amide bonds. The second-order valence-electron chi connectivity index (χ2n) is 4.22. The molecule has 0 aliphatic carbocycles. The van der Waals surface area contributed by atoms with Gasteiger partial charge in [0.05, 0.1) is 0 Å².